The van der Waals surface area contributed by atoms with Crippen molar-refractivity contribution in [2.24, 2.45) is 5.11 Å². The Labute approximate surface area is 148 Å². The van der Waals surface area contributed by atoms with Crippen LogP contribution in [0.5, 0.6) is 0 Å². The van der Waals surface area contributed by atoms with Gasteiger partial charge in [-0.2, -0.15) is 10.4 Å². The molecule has 0 saturated carbocycles. The lowest BCUT2D eigenvalue weighted by atomic mass is 10.1. The Bertz CT molecular complexity index is 1150. The first-order valence-corrected chi connectivity index (χ1v) is 9.15. The first-order chi connectivity index (χ1) is 12.5. The van der Waals surface area contributed by atoms with Crippen molar-refractivity contribution in [2.45, 2.75) is 4.90 Å². The molecule has 0 aliphatic rings. The van der Waals surface area contributed by atoms with Gasteiger partial charge < -0.3 is 0 Å². The van der Waals surface area contributed by atoms with Crippen LogP contribution in [-0.4, -0.2) is 29.4 Å². The Morgan fingerprint density at radius 2 is 1.96 bits per heavy atom. The number of hydrogen-bond acceptors (Lipinski definition) is 6. The van der Waals surface area contributed by atoms with Crippen LogP contribution in [0.1, 0.15) is 5.56 Å². The van der Waals surface area contributed by atoms with E-state index in [1.165, 1.54) is 23.0 Å². The highest BCUT2D eigenvalue weighted by molar-refractivity contribution is 7.90. The van der Waals surface area contributed by atoms with E-state index in [1.54, 1.807) is 24.3 Å². The van der Waals surface area contributed by atoms with E-state index in [0.29, 0.717) is 11.3 Å². The number of pyridine rings is 1. The highest BCUT2D eigenvalue weighted by Crippen LogP contribution is 2.32. The maximum Gasteiger partial charge on any atom is 0.177 e. The Morgan fingerprint density at radius 3 is 2.50 bits per heavy atom. The van der Waals surface area contributed by atoms with Crippen molar-refractivity contribution in [1.29, 1.82) is 5.26 Å². The van der Waals surface area contributed by atoms with Crippen LogP contribution in [0.4, 0.5) is 5.82 Å². The molecular formula is C16H11N7O2S. The Kier molecular flexibility index (Phi) is 4.41. The molecule has 1 aromatic carbocycles. The second kappa shape index (κ2) is 6.68. The molecule has 0 aliphatic heterocycles. The first-order valence-electron chi connectivity index (χ1n) is 7.26. The molecule has 128 valence electrons. The van der Waals surface area contributed by atoms with Crippen molar-refractivity contribution in [1.82, 2.24) is 14.8 Å². The van der Waals surface area contributed by atoms with E-state index in [1.807, 2.05) is 12.1 Å². The van der Waals surface area contributed by atoms with Crippen molar-refractivity contribution >= 4 is 15.7 Å². The number of benzene rings is 1. The van der Waals surface area contributed by atoms with Crippen LogP contribution in [0.15, 0.2) is 58.7 Å². The average molecular weight is 365 g/mol. The summed E-state index contributed by atoms with van der Waals surface area (Å²) in [5.41, 5.74) is 9.89. The van der Waals surface area contributed by atoms with Gasteiger partial charge in [0.2, 0.25) is 0 Å². The van der Waals surface area contributed by atoms with E-state index in [2.05, 4.69) is 20.1 Å². The highest BCUT2D eigenvalue weighted by Gasteiger charge is 2.20. The molecule has 2 heterocycles. The second-order valence-electron chi connectivity index (χ2n) is 5.25. The fourth-order valence-electron chi connectivity index (χ4n) is 2.37. The number of rotatable bonds is 4. The molecule has 0 saturated heterocycles. The fourth-order valence-corrected chi connectivity index (χ4v) is 2.93. The molecule has 3 aromatic rings. The van der Waals surface area contributed by atoms with Gasteiger partial charge in [0.15, 0.2) is 21.5 Å². The molecule has 0 radical (unpaired) electrons. The van der Waals surface area contributed by atoms with E-state index in [9.17, 15) is 13.7 Å². The van der Waals surface area contributed by atoms with Gasteiger partial charge in [-0.15, -0.1) is 0 Å². The summed E-state index contributed by atoms with van der Waals surface area (Å²) in [6.45, 7) is 0. The van der Waals surface area contributed by atoms with Gasteiger partial charge in [-0.05, 0) is 22.8 Å². The van der Waals surface area contributed by atoms with Crippen LogP contribution in [-0.2, 0) is 9.84 Å². The van der Waals surface area contributed by atoms with Gasteiger partial charge >= 0.3 is 0 Å². The quantitative estimate of drug-likeness (QED) is 0.397. The third-order valence-electron chi connectivity index (χ3n) is 3.53. The lowest BCUT2D eigenvalue weighted by Gasteiger charge is -2.08. The molecule has 0 fully saturated rings. The normalized spacial score (nSPS) is 10.8. The van der Waals surface area contributed by atoms with E-state index in [-0.39, 0.29) is 22.1 Å². The topological polar surface area (TPSA) is 137 Å². The molecule has 0 aliphatic carbocycles. The summed E-state index contributed by atoms with van der Waals surface area (Å²) < 4.78 is 24.5. The third-order valence-corrected chi connectivity index (χ3v) is 4.63. The molecule has 0 bridgehead atoms. The molecule has 10 heteroatoms. The summed E-state index contributed by atoms with van der Waals surface area (Å²) in [5, 5.41) is 17.2. The predicted molar refractivity (Wildman–Crippen MR) is 93.4 cm³/mol. The van der Waals surface area contributed by atoms with E-state index in [0.717, 1.165) is 6.26 Å². The van der Waals surface area contributed by atoms with Crippen LogP contribution in [0.3, 0.4) is 0 Å². The van der Waals surface area contributed by atoms with Gasteiger partial charge in [0.25, 0.3) is 0 Å². The van der Waals surface area contributed by atoms with Crippen LogP contribution in [0, 0.1) is 11.3 Å². The number of azide groups is 1. The van der Waals surface area contributed by atoms with Crippen molar-refractivity contribution in [3.8, 4) is 23.1 Å². The summed E-state index contributed by atoms with van der Waals surface area (Å²) in [5.74, 6) is 0.204. The molecule has 26 heavy (non-hydrogen) atoms. The Balaban J connectivity index is 2.27. The Morgan fingerprint density at radius 1 is 1.23 bits per heavy atom. The average Bonchev–Trinajstić information content (AvgIpc) is 3.00. The molecular weight excluding hydrogens is 354 g/mol. The molecule has 0 unspecified atom stereocenters. The molecule has 2 aromatic heterocycles. The van der Waals surface area contributed by atoms with Crippen molar-refractivity contribution in [2.75, 3.05) is 6.26 Å². The van der Waals surface area contributed by atoms with Crippen molar-refractivity contribution < 1.29 is 8.42 Å². The highest BCUT2D eigenvalue weighted by atomic mass is 32.2. The van der Waals surface area contributed by atoms with E-state index < -0.39 is 9.84 Å². The zero-order chi connectivity index (χ0) is 18.7. The molecule has 9 nitrogen and oxygen atoms in total. The zero-order valence-corrected chi connectivity index (χ0v) is 14.3. The number of sulfone groups is 1. The maximum atomic E-state index is 11.6. The summed E-state index contributed by atoms with van der Waals surface area (Å²) in [4.78, 5) is 6.89. The number of nitrogens with zero attached hydrogens (tertiary/aromatic N) is 7. The first kappa shape index (κ1) is 17.2. The van der Waals surface area contributed by atoms with Gasteiger partial charge in [0, 0.05) is 22.9 Å². The lowest BCUT2D eigenvalue weighted by Crippen LogP contribution is -2.04. The van der Waals surface area contributed by atoms with Gasteiger partial charge in [-0.3, -0.25) is 0 Å². The number of nitriles is 1. The maximum absolute atomic E-state index is 11.6. The standard InChI is InChI=1S/C16H11N7O2S/c1-26(24,25)12-7-8-14(19-10-12)23-15(11-5-3-2-4-6-11)13(9-17)16(21-23)20-22-18/h2-8,10H,1H3. The molecule has 0 atom stereocenters. The molecule has 0 spiro atoms. The molecule has 3 rings (SSSR count). The minimum absolute atomic E-state index is 0.0606. The lowest BCUT2D eigenvalue weighted by molar-refractivity contribution is 0.601. The van der Waals surface area contributed by atoms with Crippen LogP contribution < -0.4 is 0 Å². The van der Waals surface area contributed by atoms with Crippen LogP contribution in [0.25, 0.3) is 27.5 Å². The summed E-state index contributed by atoms with van der Waals surface area (Å²) in [7, 11) is -3.39. The third kappa shape index (κ3) is 3.12. The van der Waals surface area contributed by atoms with Crippen LogP contribution >= 0.6 is 0 Å². The summed E-state index contributed by atoms with van der Waals surface area (Å²) in [6.07, 6.45) is 2.29. The number of hydrogen-bond donors (Lipinski definition) is 0. The van der Waals surface area contributed by atoms with Crippen molar-refractivity contribution in [3.63, 3.8) is 0 Å². The van der Waals surface area contributed by atoms with E-state index >= 15 is 0 Å². The smallest absolute Gasteiger partial charge is 0.177 e. The predicted octanol–water partition coefficient (Wildman–Crippen LogP) is 3.15. The minimum atomic E-state index is -3.39. The largest absolute Gasteiger partial charge is 0.236 e. The molecule has 0 amide bonds. The summed E-state index contributed by atoms with van der Waals surface area (Å²) >= 11 is 0. The van der Waals surface area contributed by atoms with E-state index in [4.69, 9.17) is 5.53 Å². The monoisotopic (exact) mass is 365 g/mol. The Hall–Kier alpha value is -3.67. The zero-order valence-electron chi connectivity index (χ0n) is 13.5. The van der Waals surface area contributed by atoms with Gasteiger partial charge in [-0.1, -0.05) is 30.3 Å². The molecule has 0 N–H and O–H groups in total. The van der Waals surface area contributed by atoms with Gasteiger partial charge in [-0.25, -0.2) is 18.1 Å². The summed E-state index contributed by atoms with van der Waals surface area (Å²) in [6, 6.07) is 13.8. The SMILES string of the molecule is CS(=O)(=O)c1ccc(-n2nc(N=[N+]=[N-])c(C#N)c2-c2ccccc2)nc1. The second-order valence-corrected chi connectivity index (χ2v) is 7.27. The fraction of sp³-hybridized carbons (Fsp3) is 0.0625. The minimum Gasteiger partial charge on any atom is -0.236 e. The van der Waals surface area contributed by atoms with Crippen molar-refractivity contribution in [3.05, 3.63) is 64.7 Å². The van der Waals surface area contributed by atoms with Gasteiger partial charge in [0.05, 0.1) is 10.6 Å². The van der Waals surface area contributed by atoms with Gasteiger partial charge in [0.1, 0.15) is 11.6 Å². The number of aromatic nitrogens is 3. The van der Waals surface area contributed by atoms with Crippen LogP contribution in [0.2, 0.25) is 0 Å².